The third kappa shape index (κ3) is 6.72. The van der Waals surface area contributed by atoms with Crippen LogP contribution in [-0.4, -0.2) is 49.4 Å². The first-order valence-electron chi connectivity index (χ1n) is 14.8. The minimum Gasteiger partial charge on any atom is -0.508 e. The monoisotopic (exact) mass is 546 g/mol. The van der Waals surface area contributed by atoms with Crippen molar-refractivity contribution in [2.75, 3.05) is 38.3 Å². The second-order valence-electron chi connectivity index (χ2n) is 11.6. The number of benzene rings is 3. The number of aryl methyl sites for hydroxylation is 1. The van der Waals surface area contributed by atoms with E-state index in [1.54, 1.807) is 25.3 Å². The largest absolute Gasteiger partial charge is 0.508 e. The highest BCUT2D eigenvalue weighted by atomic mass is 19.1. The van der Waals surface area contributed by atoms with Crippen molar-refractivity contribution in [3.63, 3.8) is 0 Å². The van der Waals surface area contributed by atoms with E-state index in [-0.39, 0.29) is 11.9 Å². The van der Waals surface area contributed by atoms with Gasteiger partial charge in [-0.1, -0.05) is 24.6 Å². The SMILES string of the molecule is COc1ccc(C2CCc3cc(O)ccc3C2)c(N(Cc2ccc(OCCN3CCCCC3)c(F)c2)C(C)C)c1. The fourth-order valence-corrected chi connectivity index (χ4v) is 6.22. The molecule has 1 N–H and O–H groups in total. The maximum absolute atomic E-state index is 15.1. The van der Waals surface area contributed by atoms with Gasteiger partial charge in [0.15, 0.2) is 11.6 Å². The topological polar surface area (TPSA) is 45.2 Å². The average molecular weight is 547 g/mol. The lowest BCUT2D eigenvalue weighted by Gasteiger charge is -2.35. The van der Waals surface area contributed by atoms with Gasteiger partial charge >= 0.3 is 0 Å². The predicted molar refractivity (Wildman–Crippen MR) is 159 cm³/mol. The summed E-state index contributed by atoms with van der Waals surface area (Å²) in [5, 5.41) is 9.92. The summed E-state index contributed by atoms with van der Waals surface area (Å²) in [5.74, 6) is 1.52. The van der Waals surface area contributed by atoms with Gasteiger partial charge in [-0.2, -0.15) is 0 Å². The lowest BCUT2D eigenvalue weighted by atomic mass is 9.79. The number of hydrogen-bond acceptors (Lipinski definition) is 5. The second-order valence-corrected chi connectivity index (χ2v) is 11.6. The molecule has 5 nitrogen and oxygen atoms in total. The normalized spacial score (nSPS) is 17.5. The van der Waals surface area contributed by atoms with Crippen molar-refractivity contribution < 1.29 is 19.0 Å². The summed E-state index contributed by atoms with van der Waals surface area (Å²) in [6, 6.07) is 17.7. The minimum absolute atomic E-state index is 0.196. The van der Waals surface area contributed by atoms with E-state index in [2.05, 4.69) is 41.8 Å². The Morgan fingerprint density at radius 1 is 1.00 bits per heavy atom. The third-order valence-corrected chi connectivity index (χ3v) is 8.49. The molecule has 1 heterocycles. The van der Waals surface area contributed by atoms with Crippen LogP contribution in [-0.2, 0) is 19.4 Å². The molecule has 1 saturated heterocycles. The van der Waals surface area contributed by atoms with Gasteiger partial charge in [-0.25, -0.2) is 4.39 Å². The van der Waals surface area contributed by atoms with Crippen molar-refractivity contribution in [3.05, 3.63) is 82.7 Å². The van der Waals surface area contributed by atoms with Crippen LogP contribution in [0.2, 0.25) is 0 Å². The Morgan fingerprint density at radius 3 is 2.58 bits per heavy atom. The van der Waals surface area contributed by atoms with Gasteiger partial charge in [-0.15, -0.1) is 0 Å². The van der Waals surface area contributed by atoms with E-state index in [1.807, 2.05) is 18.2 Å². The van der Waals surface area contributed by atoms with E-state index < -0.39 is 0 Å². The van der Waals surface area contributed by atoms with Gasteiger partial charge in [0.25, 0.3) is 0 Å². The number of piperidine rings is 1. The van der Waals surface area contributed by atoms with Gasteiger partial charge in [-0.3, -0.25) is 4.90 Å². The van der Waals surface area contributed by atoms with E-state index in [4.69, 9.17) is 9.47 Å². The Kier molecular flexibility index (Phi) is 9.15. The number of halogens is 1. The number of rotatable bonds is 10. The number of phenols is 1. The molecule has 3 aromatic carbocycles. The fraction of sp³-hybridized carbons (Fsp3) is 0.471. The molecule has 0 bridgehead atoms. The highest BCUT2D eigenvalue weighted by Crippen LogP contribution is 2.40. The van der Waals surface area contributed by atoms with E-state index in [9.17, 15) is 5.11 Å². The van der Waals surface area contributed by atoms with E-state index in [0.717, 1.165) is 55.9 Å². The molecule has 0 amide bonds. The molecule has 1 atom stereocenters. The standard InChI is InChI=1S/C34H43FN2O3/c1-24(2)37(23-25-7-14-34(32(35)19-25)40-18-17-36-15-5-4-6-16-36)33-22-30(39-3)12-13-31(33)28-9-8-27-21-29(38)11-10-26(27)20-28/h7,10-14,19,21-22,24,28,38H,4-6,8-9,15-18,20,23H2,1-3H3. The Hall–Kier alpha value is -3.25. The van der Waals surface area contributed by atoms with Crippen molar-refractivity contribution in [2.24, 2.45) is 0 Å². The molecule has 1 fully saturated rings. The summed E-state index contributed by atoms with van der Waals surface area (Å²) in [7, 11) is 1.70. The first-order chi connectivity index (χ1) is 19.4. The van der Waals surface area contributed by atoms with Crippen LogP contribution >= 0.6 is 0 Å². The van der Waals surface area contributed by atoms with E-state index in [1.165, 1.54) is 36.0 Å². The minimum atomic E-state index is -0.308. The van der Waals surface area contributed by atoms with Crippen LogP contribution in [0.5, 0.6) is 17.2 Å². The van der Waals surface area contributed by atoms with Crippen LogP contribution in [0.4, 0.5) is 10.1 Å². The van der Waals surface area contributed by atoms with Gasteiger partial charge in [0.1, 0.15) is 18.1 Å². The molecule has 1 unspecified atom stereocenters. The third-order valence-electron chi connectivity index (χ3n) is 8.49. The summed E-state index contributed by atoms with van der Waals surface area (Å²) >= 11 is 0. The molecular formula is C34H43FN2O3. The summed E-state index contributed by atoms with van der Waals surface area (Å²) in [4.78, 5) is 4.74. The van der Waals surface area contributed by atoms with Crippen LogP contribution < -0.4 is 14.4 Å². The first kappa shape index (κ1) is 28.3. The van der Waals surface area contributed by atoms with Gasteiger partial charge in [0, 0.05) is 30.9 Å². The number of ether oxygens (including phenoxy) is 2. The second kappa shape index (κ2) is 12.9. The molecule has 1 aliphatic carbocycles. The molecule has 0 saturated carbocycles. The number of hydrogen-bond donors (Lipinski definition) is 1. The van der Waals surface area contributed by atoms with Gasteiger partial charge in [0.2, 0.25) is 0 Å². The summed E-state index contributed by atoms with van der Waals surface area (Å²) in [6.45, 7) is 8.50. The molecular weight excluding hydrogens is 503 g/mol. The van der Waals surface area contributed by atoms with Gasteiger partial charge in [-0.05, 0) is 118 Å². The fourth-order valence-electron chi connectivity index (χ4n) is 6.22. The molecule has 5 rings (SSSR count). The molecule has 0 spiro atoms. The lowest BCUT2D eigenvalue weighted by Crippen LogP contribution is -2.33. The summed E-state index contributed by atoms with van der Waals surface area (Å²) < 4.78 is 26.6. The van der Waals surface area contributed by atoms with E-state index in [0.29, 0.717) is 30.6 Å². The molecule has 0 radical (unpaired) electrons. The number of likely N-dealkylation sites (tertiary alicyclic amines) is 1. The van der Waals surface area contributed by atoms with Crippen molar-refractivity contribution in [1.82, 2.24) is 4.90 Å². The highest BCUT2D eigenvalue weighted by molar-refractivity contribution is 5.60. The van der Waals surface area contributed by atoms with E-state index >= 15 is 4.39 Å². The van der Waals surface area contributed by atoms with Gasteiger partial charge in [0.05, 0.1) is 7.11 Å². The molecule has 40 heavy (non-hydrogen) atoms. The lowest BCUT2D eigenvalue weighted by molar-refractivity contribution is 0.180. The van der Waals surface area contributed by atoms with Crippen molar-refractivity contribution in [3.8, 4) is 17.2 Å². The summed E-state index contributed by atoms with van der Waals surface area (Å²) in [6.07, 6.45) is 6.66. The summed E-state index contributed by atoms with van der Waals surface area (Å²) in [5.41, 5.74) is 5.86. The number of methoxy groups -OCH3 is 1. The van der Waals surface area contributed by atoms with Crippen LogP contribution in [0.15, 0.2) is 54.6 Å². The molecule has 0 aromatic heterocycles. The zero-order valence-electron chi connectivity index (χ0n) is 24.2. The Bertz CT molecular complexity index is 1290. The van der Waals surface area contributed by atoms with Crippen molar-refractivity contribution >= 4 is 5.69 Å². The molecule has 1 aliphatic heterocycles. The van der Waals surface area contributed by atoms with Crippen LogP contribution in [0.3, 0.4) is 0 Å². The predicted octanol–water partition coefficient (Wildman–Crippen LogP) is 7.09. The van der Waals surface area contributed by atoms with Crippen molar-refractivity contribution in [1.29, 1.82) is 0 Å². The Morgan fingerprint density at radius 2 is 1.82 bits per heavy atom. The zero-order valence-corrected chi connectivity index (χ0v) is 24.2. The van der Waals surface area contributed by atoms with Crippen LogP contribution in [0.1, 0.15) is 67.7 Å². The molecule has 6 heteroatoms. The smallest absolute Gasteiger partial charge is 0.165 e. The zero-order chi connectivity index (χ0) is 28.1. The first-order valence-corrected chi connectivity index (χ1v) is 14.8. The highest BCUT2D eigenvalue weighted by Gasteiger charge is 2.26. The molecule has 2 aliphatic rings. The number of phenolic OH excluding ortho intramolecular Hbond substituents is 1. The molecule has 3 aromatic rings. The van der Waals surface area contributed by atoms with Gasteiger partial charge < -0.3 is 19.5 Å². The quantitative estimate of drug-likeness (QED) is 0.294. The maximum Gasteiger partial charge on any atom is 0.165 e. The van der Waals surface area contributed by atoms with Crippen LogP contribution in [0.25, 0.3) is 0 Å². The molecule has 214 valence electrons. The number of nitrogens with zero attached hydrogens (tertiary/aromatic N) is 2. The van der Waals surface area contributed by atoms with Crippen LogP contribution in [0, 0.1) is 5.82 Å². The number of fused-ring (bicyclic) bond motifs is 1. The Balaban J connectivity index is 1.33. The van der Waals surface area contributed by atoms with Crippen molar-refractivity contribution in [2.45, 2.75) is 70.9 Å². The number of anilines is 1. The Labute approximate surface area is 238 Å². The maximum atomic E-state index is 15.1. The average Bonchev–Trinajstić information content (AvgIpc) is 2.97. The number of aromatic hydroxyl groups is 1.